The fourth-order valence-electron chi connectivity index (χ4n) is 2.02. The average molecular weight is 468 g/mol. The molecular weight excluding hydrogens is 442 g/mol. The zero-order valence-corrected chi connectivity index (χ0v) is 19.6. The Bertz CT molecular complexity index is 791. The summed E-state index contributed by atoms with van der Waals surface area (Å²) >= 11 is 11.2. The van der Waals surface area contributed by atoms with Crippen molar-refractivity contribution in [3.63, 3.8) is 0 Å². The Morgan fingerprint density at radius 1 is 0.929 bits per heavy atom. The molecule has 2 aromatic carbocycles. The van der Waals surface area contributed by atoms with Gasteiger partial charge in [0.25, 0.3) is 11.1 Å². The molecule has 0 saturated heterocycles. The summed E-state index contributed by atoms with van der Waals surface area (Å²) in [5, 5.41) is 1.51. The molecule has 28 heavy (non-hydrogen) atoms. The smallest absolute Gasteiger partial charge is 0.268 e. The zero-order valence-electron chi connectivity index (χ0n) is 16.5. The lowest BCUT2D eigenvalue weighted by atomic mass is 10.0. The minimum absolute atomic E-state index is 0. The molecule has 8 heteroatoms. The van der Waals surface area contributed by atoms with Gasteiger partial charge in [0.15, 0.2) is 0 Å². The van der Waals surface area contributed by atoms with Crippen LogP contribution >= 0.6 is 48.0 Å². The number of carbonyl (C=O) groups is 2. The molecule has 2 N–H and O–H groups in total. The van der Waals surface area contributed by atoms with E-state index in [-0.39, 0.29) is 30.7 Å². The lowest BCUT2D eigenvalue weighted by Crippen LogP contribution is -2.50. The number of hydrogen-bond acceptors (Lipinski definition) is 3. The van der Waals surface area contributed by atoms with E-state index in [4.69, 9.17) is 29.0 Å². The number of carbonyl (C=O) groups excluding carboxylic acids is 2. The van der Waals surface area contributed by atoms with Gasteiger partial charge < -0.3 is 0 Å². The van der Waals surface area contributed by atoms with E-state index < -0.39 is 10.8 Å². The van der Waals surface area contributed by atoms with Crippen LogP contribution < -0.4 is 5.84 Å². The molecule has 0 heterocycles. The van der Waals surface area contributed by atoms with Gasteiger partial charge in [0.1, 0.15) is 0 Å². The van der Waals surface area contributed by atoms with Crippen molar-refractivity contribution >= 4 is 59.2 Å². The van der Waals surface area contributed by atoms with Crippen molar-refractivity contribution < 1.29 is 9.59 Å². The van der Waals surface area contributed by atoms with E-state index in [0.717, 1.165) is 11.1 Å². The van der Waals surface area contributed by atoms with Crippen molar-refractivity contribution in [2.45, 2.75) is 40.2 Å². The molecule has 2 aromatic rings. The summed E-state index contributed by atoms with van der Waals surface area (Å²) in [6.45, 7) is 9.45. The summed E-state index contributed by atoms with van der Waals surface area (Å²) in [5.74, 6) is 5.65. The van der Waals surface area contributed by atoms with Crippen LogP contribution in [0.1, 0.15) is 52.6 Å². The van der Waals surface area contributed by atoms with E-state index in [1.807, 2.05) is 40.7 Å². The second kappa shape index (κ2) is 12.3. The Balaban J connectivity index is 0. The summed E-state index contributed by atoms with van der Waals surface area (Å²) in [6, 6.07) is 12.2. The van der Waals surface area contributed by atoms with Crippen LogP contribution in [0.25, 0.3) is 0 Å². The Hall–Kier alpha value is -1.30. The fraction of sp³-hybridized carbons (Fsp3) is 0.300. The molecule has 156 valence electrons. The van der Waals surface area contributed by atoms with E-state index in [9.17, 15) is 9.59 Å². The molecule has 0 atom stereocenters. The highest BCUT2D eigenvalue weighted by Gasteiger charge is 2.25. The van der Waals surface area contributed by atoms with Crippen molar-refractivity contribution in [3.8, 4) is 0 Å². The average Bonchev–Trinajstić information content (AvgIpc) is 2.59. The molecular formula is C20H26Cl4N2O2. The molecule has 1 amide bonds. The van der Waals surface area contributed by atoms with E-state index in [1.54, 1.807) is 36.4 Å². The number of hydrogen-bond donors (Lipinski definition) is 1. The number of halogens is 4. The van der Waals surface area contributed by atoms with Crippen LogP contribution in [-0.2, 0) is 0 Å². The third kappa shape index (κ3) is 7.98. The van der Waals surface area contributed by atoms with Gasteiger partial charge >= 0.3 is 0 Å². The first kappa shape index (κ1) is 28.9. The molecule has 0 saturated carbocycles. The van der Waals surface area contributed by atoms with Crippen molar-refractivity contribution in [3.05, 3.63) is 69.7 Å². The first-order valence-corrected chi connectivity index (χ1v) is 8.82. The molecule has 0 aromatic heterocycles. The molecule has 0 aliphatic heterocycles. The van der Waals surface area contributed by atoms with Crippen LogP contribution in [-0.4, -0.2) is 21.7 Å². The van der Waals surface area contributed by atoms with Crippen molar-refractivity contribution in [1.82, 2.24) is 5.01 Å². The van der Waals surface area contributed by atoms with Gasteiger partial charge in [-0.1, -0.05) is 41.9 Å². The van der Waals surface area contributed by atoms with E-state index >= 15 is 0 Å². The number of nitrogens with two attached hydrogens (primary N) is 1. The molecule has 0 fully saturated rings. The normalized spacial score (nSPS) is 9.86. The maximum Gasteiger partial charge on any atom is 0.268 e. The summed E-state index contributed by atoms with van der Waals surface area (Å²) in [7, 11) is 0. The molecule has 0 aliphatic carbocycles. The first-order chi connectivity index (χ1) is 12.0. The predicted octanol–water partition coefficient (Wildman–Crippen LogP) is 5.98. The number of amides is 1. The summed E-state index contributed by atoms with van der Waals surface area (Å²) < 4.78 is 0. The second-order valence-corrected chi connectivity index (χ2v) is 7.58. The lowest BCUT2D eigenvalue weighted by molar-refractivity contribution is 0.0581. The minimum atomic E-state index is -0.407. The Morgan fingerprint density at radius 2 is 1.43 bits per heavy atom. The molecule has 2 rings (SSSR count). The van der Waals surface area contributed by atoms with Crippen LogP contribution in [0.3, 0.4) is 0 Å². The largest absolute Gasteiger partial charge is 0.276 e. The number of benzene rings is 2. The van der Waals surface area contributed by atoms with Gasteiger partial charge in [-0.15, -0.1) is 24.8 Å². The third-order valence-corrected chi connectivity index (χ3v) is 4.52. The Labute approximate surface area is 189 Å². The highest BCUT2D eigenvalue weighted by Crippen LogP contribution is 2.24. The third-order valence-electron chi connectivity index (χ3n) is 3.89. The second-order valence-electron chi connectivity index (χ2n) is 6.83. The summed E-state index contributed by atoms with van der Waals surface area (Å²) in [6.07, 6.45) is 0. The number of nitrogens with zero attached hydrogens (tertiary/aromatic N) is 1. The van der Waals surface area contributed by atoms with Crippen molar-refractivity contribution in [2.75, 3.05) is 0 Å². The van der Waals surface area contributed by atoms with Gasteiger partial charge in [0.05, 0.1) is 5.54 Å². The van der Waals surface area contributed by atoms with E-state index in [0.29, 0.717) is 16.1 Å². The van der Waals surface area contributed by atoms with Gasteiger partial charge in [0.2, 0.25) is 0 Å². The quantitative estimate of drug-likeness (QED) is 0.255. The van der Waals surface area contributed by atoms with Crippen molar-refractivity contribution in [1.29, 1.82) is 0 Å². The summed E-state index contributed by atoms with van der Waals surface area (Å²) in [5.41, 5.74) is 2.53. The van der Waals surface area contributed by atoms with Crippen LogP contribution in [0.15, 0.2) is 42.5 Å². The van der Waals surface area contributed by atoms with E-state index in [2.05, 4.69) is 0 Å². The van der Waals surface area contributed by atoms with Crippen LogP contribution in [0.4, 0.5) is 0 Å². The molecule has 0 aliphatic rings. The Kier molecular flexibility index (Phi) is 12.7. The molecule has 0 radical (unpaired) electrons. The highest BCUT2D eigenvalue weighted by atomic mass is 35.5. The van der Waals surface area contributed by atoms with Gasteiger partial charge in [-0.2, -0.15) is 0 Å². The van der Waals surface area contributed by atoms with Crippen LogP contribution in [0.2, 0.25) is 5.02 Å². The Morgan fingerprint density at radius 3 is 1.82 bits per heavy atom. The standard InChI is InChI=1S/C13H19ClN2O.C7H5ClO.2ClH/c1-8-9(2)11(14)7-6-10(8)12(17)16(15)13(3,4)5;8-7(9)6-4-2-1-3-5-6;;/h6-7H,15H2,1-5H3;1-5H;2*1H. The monoisotopic (exact) mass is 466 g/mol. The van der Waals surface area contributed by atoms with Crippen LogP contribution in [0, 0.1) is 13.8 Å². The van der Waals surface area contributed by atoms with Gasteiger partial charge in [-0.3, -0.25) is 14.6 Å². The molecule has 4 nitrogen and oxygen atoms in total. The van der Waals surface area contributed by atoms with Gasteiger partial charge in [-0.05, 0) is 69.5 Å². The topological polar surface area (TPSA) is 63.4 Å². The molecule has 0 unspecified atom stereocenters. The fourth-order valence-corrected chi connectivity index (χ4v) is 2.35. The minimum Gasteiger partial charge on any atom is -0.276 e. The summed E-state index contributed by atoms with van der Waals surface area (Å²) in [4.78, 5) is 22.6. The van der Waals surface area contributed by atoms with Gasteiger partial charge in [0, 0.05) is 16.1 Å². The number of hydrazine groups is 1. The molecule has 0 bridgehead atoms. The highest BCUT2D eigenvalue weighted by molar-refractivity contribution is 6.67. The SMILES string of the molecule is Cc1c(Cl)ccc(C(=O)N(N)C(C)(C)C)c1C.Cl.Cl.O=C(Cl)c1ccccc1. The van der Waals surface area contributed by atoms with E-state index in [1.165, 1.54) is 5.01 Å². The van der Waals surface area contributed by atoms with Gasteiger partial charge in [-0.25, -0.2) is 5.84 Å². The number of rotatable bonds is 2. The lowest BCUT2D eigenvalue weighted by Gasteiger charge is -2.31. The van der Waals surface area contributed by atoms with Crippen molar-refractivity contribution in [2.24, 2.45) is 5.84 Å². The van der Waals surface area contributed by atoms with Crippen LogP contribution in [0.5, 0.6) is 0 Å². The predicted molar refractivity (Wildman–Crippen MR) is 122 cm³/mol. The maximum atomic E-state index is 12.2. The zero-order chi connectivity index (χ0) is 20.1. The first-order valence-electron chi connectivity index (χ1n) is 8.06. The maximum absolute atomic E-state index is 12.2. The molecule has 0 spiro atoms.